The second kappa shape index (κ2) is 7.11. The van der Waals surface area contributed by atoms with E-state index in [0.29, 0.717) is 11.6 Å². The molecule has 0 aliphatic carbocycles. The number of benzene rings is 2. The summed E-state index contributed by atoms with van der Waals surface area (Å²) in [6.45, 7) is 3.29. The van der Waals surface area contributed by atoms with Crippen LogP contribution in [0.2, 0.25) is 5.02 Å². The second-order valence-electron chi connectivity index (χ2n) is 6.01. The molecule has 2 aromatic carbocycles. The Hall–Kier alpha value is -2.24. The van der Waals surface area contributed by atoms with Gasteiger partial charge in [-0.3, -0.25) is 4.79 Å². The number of anilines is 1. The van der Waals surface area contributed by atoms with Crippen LogP contribution in [0.3, 0.4) is 0 Å². The third-order valence-corrected chi connectivity index (χ3v) is 4.11. The highest BCUT2D eigenvalue weighted by molar-refractivity contribution is 6.31. The average molecular weight is 348 g/mol. The Labute approximate surface area is 146 Å². The number of nitrogens with one attached hydrogen (secondary N) is 2. The topological polar surface area (TPSA) is 52.0 Å². The van der Waals surface area contributed by atoms with E-state index in [4.69, 9.17) is 21.1 Å². The Morgan fingerprint density at radius 1 is 1.21 bits per heavy atom. The fraction of sp³-hybridized carbons (Fsp3) is 0.278. The molecule has 24 heavy (non-hydrogen) atoms. The van der Waals surface area contributed by atoms with Gasteiger partial charge in [0.2, 0.25) is 6.79 Å². The van der Waals surface area contributed by atoms with Crippen LogP contribution < -0.4 is 19.7 Å². The summed E-state index contributed by atoms with van der Waals surface area (Å²) in [5.74, 6) is 1.49. The molecule has 0 radical (unpaired) electrons. The lowest BCUT2D eigenvalue weighted by atomic mass is 10.2. The minimum Gasteiger partial charge on any atom is -0.454 e. The zero-order valence-corrected chi connectivity index (χ0v) is 14.4. The van der Waals surface area contributed by atoms with Gasteiger partial charge in [-0.15, -0.1) is 0 Å². The van der Waals surface area contributed by atoms with Crippen LogP contribution in [-0.2, 0) is 11.3 Å². The van der Waals surface area contributed by atoms with Crippen LogP contribution in [0.15, 0.2) is 36.4 Å². The standard InChI is InChI=1S/C18H19ClN2O3/c1-12-3-5-14(19)8-15(12)20-18(22)10-21(2)9-13-4-6-16-17(7-13)24-11-23-16/h3-8H,9-11H2,1-2H3,(H,20,22)/p+1. The van der Waals surface area contributed by atoms with Crippen molar-refractivity contribution in [2.24, 2.45) is 0 Å². The van der Waals surface area contributed by atoms with E-state index >= 15 is 0 Å². The van der Waals surface area contributed by atoms with Gasteiger partial charge in [-0.2, -0.15) is 0 Å². The number of likely N-dealkylation sites (N-methyl/N-ethyl adjacent to an activating group) is 1. The fourth-order valence-electron chi connectivity index (χ4n) is 2.66. The van der Waals surface area contributed by atoms with E-state index in [1.54, 1.807) is 6.07 Å². The molecule has 1 heterocycles. The number of quaternary nitrogens is 1. The summed E-state index contributed by atoms with van der Waals surface area (Å²) in [5.41, 5.74) is 2.84. The molecule has 0 bridgehead atoms. The lowest BCUT2D eigenvalue weighted by Crippen LogP contribution is -3.08. The summed E-state index contributed by atoms with van der Waals surface area (Å²) in [6.07, 6.45) is 0. The van der Waals surface area contributed by atoms with Gasteiger partial charge in [-0.1, -0.05) is 17.7 Å². The van der Waals surface area contributed by atoms with Gasteiger partial charge in [0.25, 0.3) is 5.91 Å². The van der Waals surface area contributed by atoms with Crippen molar-refractivity contribution in [3.63, 3.8) is 0 Å². The van der Waals surface area contributed by atoms with E-state index in [0.717, 1.165) is 39.8 Å². The summed E-state index contributed by atoms with van der Waals surface area (Å²) in [7, 11) is 1.98. The summed E-state index contributed by atoms with van der Waals surface area (Å²) in [6, 6.07) is 11.3. The molecule has 2 N–H and O–H groups in total. The van der Waals surface area contributed by atoms with E-state index in [9.17, 15) is 4.79 Å². The Morgan fingerprint density at radius 3 is 2.83 bits per heavy atom. The van der Waals surface area contributed by atoms with Crippen LogP contribution in [-0.4, -0.2) is 26.3 Å². The molecule has 1 amide bonds. The number of amides is 1. The van der Waals surface area contributed by atoms with Crippen LogP contribution in [0.25, 0.3) is 0 Å². The Bertz CT molecular complexity index is 764. The van der Waals surface area contributed by atoms with E-state index in [2.05, 4.69) is 5.32 Å². The smallest absolute Gasteiger partial charge is 0.279 e. The van der Waals surface area contributed by atoms with Gasteiger partial charge < -0.3 is 19.7 Å². The van der Waals surface area contributed by atoms with Crippen LogP contribution in [0.1, 0.15) is 11.1 Å². The molecule has 0 saturated heterocycles. The van der Waals surface area contributed by atoms with Gasteiger partial charge in [0.15, 0.2) is 18.0 Å². The largest absolute Gasteiger partial charge is 0.454 e. The molecule has 0 fully saturated rings. The molecule has 5 nitrogen and oxygen atoms in total. The molecule has 6 heteroatoms. The van der Waals surface area contributed by atoms with Gasteiger partial charge in [0.05, 0.1) is 7.05 Å². The molecule has 1 atom stereocenters. The van der Waals surface area contributed by atoms with Crippen molar-refractivity contribution in [2.45, 2.75) is 13.5 Å². The number of halogens is 1. The minimum absolute atomic E-state index is 0.0430. The second-order valence-corrected chi connectivity index (χ2v) is 6.44. The van der Waals surface area contributed by atoms with Crippen LogP contribution >= 0.6 is 11.6 Å². The molecule has 0 saturated carbocycles. The highest BCUT2D eigenvalue weighted by Crippen LogP contribution is 2.32. The van der Waals surface area contributed by atoms with Crippen LogP contribution in [0, 0.1) is 6.92 Å². The van der Waals surface area contributed by atoms with E-state index in [1.165, 1.54) is 0 Å². The number of fused-ring (bicyclic) bond motifs is 1. The Kier molecular flexibility index (Phi) is 4.92. The van der Waals surface area contributed by atoms with Crippen molar-refractivity contribution < 1.29 is 19.2 Å². The highest BCUT2D eigenvalue weighted by Gasteiger charge is 2.16. The molecule has 1 aliphatic rings. The lowest BCUT2D eigenvalue weighted by molar-refractivity contribution is -0.885. The number of rotatable bonds is 5. The SMILES string of the molecule is Cc1ccc(Cl)cc1NC(=O)C[NH+](C)Cc1ccc2c(c1)OCO2. The zero-order valence-electron chi connectivity index (χ0n) is 13.7. The molecular weight excluding hydrogens is 328 g/mol. The summed E-state index contributed by atoms with van der Waals surface area (Å²) < 4.78 is 10.7. The fourth-order valence-corrected chi connectivity index (χ4v) is 2.83. The third kappa shape index (κ3) is 3.99. The summed E-state index contributed by atoms with van der Waals surface area (Å²) in [4.78, 5) is 13.3. The number of ether oxygens (including phenoxy) is 2. The van der Waals surface area contributed by atoms with E-state index in [1.807, 2.05) is 44.3 Å². The van der Waals surface area contributed by atoms with Gasteiger partial charge in [0, 0.05) is 16.3 Å². The maximum Gasteiger partial charge on any atom is 0.279 e. The molecule has 3 rings (SSSR count). The third-order valence-electron chi connectivity index (χ3n) is 3.88. The van der Waals surface area contributed by atoms with Crippen LogP contribution in [0.5, 0.6) is 11.5 Å². The van der Waals surface area contributed by atoms with Crippen molar-refractivity contribution in [2.75, 3.05) is 25.7 Å². The maximum absolute atomic E-state index is 12.2. The normalized spacial score (nSPS) is 13.6. The van der Waals surface area contributed by atoms with Crippen molar-refractivity contribution in [3.05, 3.63) is 52.5 Å². The number of aryl methyl sites for hydroxylation is 1. The predicted octanol–water partition coefficient (Wildman–Crippen LogP) is 2.03. The van der Waals surface area contributed by atoms with Gasteiger partial charge in [0.1, 0.15) is 6.54 Å². The highest BCUT2D eigenvalue weighted by atomic mass is 35.5. The first-order valence-electron chi connectivity index (χ1n) is 7.77. The molecule has 0 spiro atoms. The molecule has 2 aromatic rings. The number of carbonyl (C=O) groups excluding carboxylic acids is 1. The first kappa shape index (κ1) is 16.6. The summed E-state index contributed by atoms with van der Waals surface area (Å²) >= 11 is 5.98. The van der Waals surface area contributed by atoms with Crippen molar-refractivity contribution >= 4 is 23.2 Å². The first-order chi connectivity index (χ1) is 11.5. The zero-order chi connectivity index (χ0) is 17.1. The predicted molar refractivity (Wildman–Crippen MR) is 92.8 cm³/mol. The maximum atomic E-state index is 12.2. The van der Waals surface area contributed by atoms with Gasteiger partial charge in [-0.25, -0.2) is 0 Å². The molecule has 1 unspecified atom stereocenters. The van der Waals surface area contributed by atoms with Crippen molar-refractivity contribution in [1.82, 2.24) is 0 Å². The summed E-state index contributed by atoms with van der Waals surface area (Å²) in [5, 5.41) is 3.53. The molecule has 0 aromatic heterocycles. The van der Waals surface area contributed by atoms with Crippen molar-refractivity contribution in [1.29, 1.82) is 0 Å². The minimum atomic E-state index is -0.0430. The Morgan fingerprint density at radius 2 is 2.00 bits per heavy atom. The quantitative estimate of drug-likeness (QED) is 0.870. The monoisotopic (exact) mass is 347 g/mol. The molecule has 1 aliphatic heterocycles. The number of hydrogen-bond donors (Lipinski definition) is 2. The number of hydrogen-bond acceptors (Lipinski definition) is 3. The van der Waals surface area contributed by atoms with Gasteiger partial charge >= 0.3 is 0 Å². The molecule has 126 valence electrons. The average Bonchev–Trinajstić information content (AvgIpc) is 2.98. The lowest BCUT2D eigenvalue weighted by Gasteiger charge is -2.15. The molecular formula is C18H20ClN2O3+. The van der Waals surface area contributed by atoms with Crippen LogP contribution in [0.4, 0.5) is 5.69 Å². The number of carbonyl (C=O) groups is 1. The van der Waals surface area contributed by atoms with Crippen molar-refractivity contribution in [3.8, 4) is 11.5 Å². The van der Waals surface area contributed by atoms with E-state index in [-0.39, 0.29) is 12.7 Å². The Balaban J connectivity index is 1.57. The first-order valence-corrected chi connectivity index (χ1v) is 8.15. The van der Waals surface area contributed by atoms with E-state index < -0.39 is 0 Å². The van der Waals surface area contributed by atoms with Gasteiger partial charge in [-0.05, 0) is 42.8 Å².